The predicted molar refractivity (Wildman–Crippen MR) is 113 cm³/mol. The molecular formula is C23H23N3O4. The number of carbonyl (C=O) groups excluding carboxylic acids is 1. The summed E-state index contributed by atoms with van der Waals surface area (Å²) in [7, 11) is 1.56. The van der Waals surface area contributed by atoms with Gasteiger partial charge >= 0.3 is 0 Å². The second-order valence-electron chi connectivity index (χ2n) is 7.67. The number of aromatic hydroxyl groups is 2. The largest absolute Gasteiger partial charge is 0.504 e. The van der Waals surface area contributed by atoms with E-state index in [0.717, 1.165) is 16.7 Å². The van der Waals surface area contributed by atoms with Gasteiger partial charge in [0.2, 0.25) is 11.8 Å². The van der Waals surface area contributed by atoms with Gasteiger partial charge in [0.25, 0.3) is 0 Å². The topological polar surface area (TPSA) is 105 Å². The molecule has 2 aromatic heterocycles. The van der Waals surface area contributed by atoms with Gasteiger partial charge in [0.1, 0.15) is 5.82 Å². The summed E-state index contributed by atoms with van der Waals surface area (Å²) in [6.45, 7) is 3.89. The van der Waals surface area contributed by atoms with Crippen LogP contribution in [-0.4, -0.2) is 33.2 Å². The summed E-state index contributed by atoms with van der Waals surface area (Å²) in [5.74, 6) is 0.266. The van der Waals surface area contributed by atoms with Crippen LogP contribution in [0.1, 0.15) is 29.5 Å². The average Bonchev–Trinajstić information content (AvgIpc) is 3.53. The summed E-state index contributed by atoms with van der Waals surface area (Å²) in [5, 5.41) is 22.3. The maximum absolute atomic E-state index is 13.1. The van der Waals surface area contributed by atoms with Crippen molar-refractivity contribution in [2.45, 2.75) is 32.1 Å². The number of carbonyl (C=O) groups is 1. The van der Waals surface area contributed by atoms with E-state index in [1.807, 2.05) is 26.0 Å². The highest BCUT2D eigenvalue weighted by Crippen LogP contribution is 2.50. The van der Waals surface area contributed by atoms with E-state index in [-0.39, 0.29) is 17.4 Å². The summed E-state index contributed by atoms with van der Waals surface area (Å²) >= 11 is 0. The van der Waals surface area contributed by atoms with Crippen molar-refractivity contribution in [1.82, 2.24) is 9.97 Å². The van der Waals surface area contributed by atoms with Gasteiger partial charge in [0.15, 0.2) is 11.5 Å². The fourth-order valence-corrected chi connectivity index (χ4v) is 3.59. The highest BCUT2D eigenvalue weighted by atomic mass is 16.5. The molecule has 2 heterocycles. The standard InChI is InChI=1S/C23H23N3O4/c1-13-10-16(21(30-3)24-12-13)20-14(2)4-7-19(25-20)26-22(29)23(8-9-23)15-5-6-17(27)18(28)11-15/h4-7,10-12,27-28H,8-9H2,1-3H3,(H,25,26,29). The highest BCUT2D eigenvalue weighted by Gasteiger charge is 2.51. The van der Waals surface area contributed by atoms with Crippen molar-refractivity contribution in [2.75, 3.05) is 12.4 Å². The number of phenols is 2. The van der Waals surface area contributed by atoms with E-state index in [0.29, 0.717) is 35.8 Å². The normalized spacial score (nSPS) is 14.2. The van der Waals surface area contributed by atoms with E-state index in [4.69, 9.17) is 4.74 Å². The van der Waals surface area contributed by atoms with Crippen molar-refractivity contribution < 1.29 is 19.7 Å². The van der Waals surface area contributed by atoms with Gasteiger partial charge in [-0.15, -0.1) is 0 Å². The first kappa shape index (κ1) is 19.7. The monoisotopic (exact) mass is 405 g/mol. The van der Waals surface area contributed by atoms with Gasteiger partial charge in [-0.25, -0.2) is 9.97 Å². The lowest BCUT2D eigenvalue weighted by atomic mass is 9.94. The van der Waals surface area contributed by atoms with E-state index < -0.39 is 5.41 Å². The van der Waals surface area contributed by atoms with Crippen molar-refractivity contribution in [3.8, 4) is 28.6 Å². The first-order valence-corrected chi connectivity index (χ1v) is 9.66. The minimum Gasteiger partial charge on any atom is -0.504 e. The molecule has 3 N–H and O–H groups in total. The van der Waals surface area contributed by atoms with E-state index in [2.05, 4.69) is 15.3 Å². The molecule has 1 aliphatic rings. The summed E-state index contributed by atoms with van der Waals surface area (Å²) in [4.78, 5) is 22.0. The molecule has 0 saturated heterocycles. The molecule has 0 bridgehead atoms. The van der Waals surface area contributed by atoms with Crippen LogP contribution >= 0.6 is 0 Å². The smallest absolute Gasteiger partial charge is 0.236 e. The first-order chi connectivity index (χ1) is 14.3. The Morgan fingerprint density at radius 2 is 1.87 bits per heavy atom. The van der Waals surface area contributed by atoms with Crippen LogP contribution in [0.4, 0.5) is 5.82 Å². The van der Waals surface area contributed by atoms with Crippen molar-refractivity contribution >= 4 is 11.7 Å². The number of methoxy groups -OCH3 is 1. The molecule has 0 spiro atoms. The Labute approximate surface area is 174 Å². The zero-order valence-corrected chi connectivity index (χ0v) is 17.1. The van der Waals surface area contributed by atoms with Gasteiger partial charge in [-0.3, -0.25) is 4.79 Å². The second-order valence-corrected chi connectivity index (χ2v) is 7.67. The van der Waals surface area contributed by atoms with E-state index in [1.54, 1.807) is 25.4 Å². The molecule has 0 radical (unpaired) electrons. The second kappa shape index (κ2) is 7.33. The number of phenolic OH excluding ortho intramolecular Hbond substituents is 2. The Morgan fingerprint density at radius 3 is 2.53 bits per heavy atom. The van der Waals surface area contributed by atoms with E-state index in [1.165, 1.54) is 12.1 Å². The number of benzene rings is 1. The summed E-state index contributed by atoms with van der Waals surface area (Å²) < 4.78 is 5.39. The van der Waals surface area contributed by atoms with Crippen LogP contribution in [0.5, 0.6) is 17.4 Å². The lowest BCUT2D eigenvalue weighted by molar-refractivity contribution is -0.118. The van der Waals surface area contributed by atoms with Crippen molar-refractivity contribution in [2.24, 2.45) is 0 Å². The third-order valence-electron chi connectivity index (χ3n) is 5.49. The molecular weight excluding hydrogens is 382 g/mol. The number of nitrogens with zero attached hydrogens (tertiary/aromatic N) is 2. The minimum atomic E-state index is -0.722. The Kier molecular flexibility index (Phi) is 4.81. The van der Waals surface area contributed by atoms with Gasteiger partial charge in [0.05, 0.1) is 23.8 Å². The summed E-state index contributed by atoms with van der Waals surface area (Å²) in [6, 6.07) is 10.1. The van der Waals surface area contributed by atoms with Gasteiger partial charge in [-0.05, 0) is 67.6 Å². The quantitative estimate of drug-likeness (QED) is 0.557. The third kappa shape index (κ3) is 3.43. The molecule has 7 nitrogen and oxygen atoms in total. The van der Waals surface area contributed by atoms with Gasteiger partial charge in [-0.1, -0.05) is 12.1 Å². The SMILES string of the molecule is COc1ncc(C)cc1-c1nc(NC(=O)C2(c3ccc(O)c(O)c3)CC2)ccc1C. The van der Waals surface area contributed by atoms with Crippen LogP contribution in [0.25, 0.3) is 11.3 Å². The summed E-state index contributed by atoms with van der Waals surface area (Å²) in [6.07, 6.45) is 3.06. The lowest BCUT2D eigenvalue weighted by Gasteiger charge is -2.17. The molecule has 154 valence electrons. The molecule has 1 fully saturated rings. The van der Waals surface area contributed by atoms with Crippen LogP contribution in [-0.2, 0) is 10.2 Å². The number of rotatable bonds is 5. The number of amides is 1. The van der Waals surface area contributed by atoms with Crippen molar-refractivity contribution in [1.29, 1.82) is 0 Å². The number of aryl methyl sites for hydroxylation is 2. The fourth-order valence-electron chi connectivity index (χ4n) is 3.59. The number of hydrogen-bond donors (Lipinski definition) is 3. The maximum Gasteiger partial charge on any atom is 0.236 e. The molecule has 1 amide bonds. The predicted octanol–water partition coefficient (Wildman–Crippen LogP) is 3.85. The zero-order valence-electron chi connectivity index (χ0n) is 17.1. The minimum absolute atomic E-state index is 0.191. The van der Waals surface area contributed by atoms with Crippen molar-refractivity contribution in [3.63, 3.8) is 0 Å². The molecule has 0 atom stereocenters. The fraction of sp³-hybridized carbons (Fsp3) is 0.261. The number of aromatic nitrogens is 2. The molecule has 30 heavy (non-hydrogen) atoms. The van der Waals surface area contributed by atoms with Crippen LogP contribution in [0.3, 0.4) is 0 Å². The van der Waals surface area contributed by atoms with Crippen LogP contribution < -0.4 is 10.1 Å². The number of nitrogens with one attached hydrogen (secondary N) is 1. The molecule has 4 rings (SSSR count). The Balaban J connectivity index is 1.65. The number of anilines is 1. The molecule has 7 heteroatoms. The average molecular weight is 405 g/mol. The van der Waals surface area contributed by atoms with Crippen LogP contribution in [0.2, 0.25) is 0 Å². The zero-order chi connectivity index (χ0) is 21.5. The van der Waals surface area contributed by atoms with Gasteiger partial charge < -0.3 is 20.3 Å². The van der Waals surface area contributed by atoms with E-state index in [9.17, 15) is 15.0 Å². The third-order valence-corrected chi connectivity index (χ3v) is 5.49. The van der Waals surface area contributed by atoms with Crippen LogP contribution in [0.15, 0.2) is 42.6 Å². The summed E-state index contributed by atoms with van der Waals surface area (Å²) in [5.41, 5.74) is 3.31. The molecule has 0 aliphatic heterocycles. The first-order valence-electron chi connectivity index (χ1n) is 9.66. The Hall–Kier alpha value is -3.61. The molecule has 0 unspecified atom stereocenters. The molecule has 3 aromatic rings. The Bertz CT molecular complexity index is 1140. The van der Waals surface area contributed by atoms with Crippen LogP contribution in [0, 0.1) is 13.8 Å². The number of pyridine rings is 2. The number of ether oxygens (including phenoxy) is 1. The van der Waals surface area contributed by atoms with E-state index >= 15 is 0 Å². The van der Waals surface area contributed by atoms with Gasteiger partial charge in [-0.2, -0.15) is 0 Å². The molecule has 1 saturated carbocycles. The number of hydrogen-bond acceptors (Lipinski definition) is 6. The lowest BCUT2D eigenvalue weighted by Crippen LogP contribution is -2.28. The van der Waals surface area contributed by atoms with Gasteiger partial charge in [0, 0.05) is 6.20 Å². The highest BCUT2D eigenvalue weighted by molar-refractivity contribution is 6.01. The molecule has 1 aliphatic carbocycles. The maximum atomic E-state index is 13.1. The molecule has 1 aromatic carbocycles. The van der Waals surface area contributed by atoms with Crippen molar-refractivity contribution in [3.05, 3.63) is 59.3 Å². The Morgan fingerprint density at radius 1 is 1.10 bits per heavy atom.